The molecule has 0 saturated carbocycles. The number of aliphatic hydroxyl groups excluding tert-OH is 2. The monoisotopic (exact) mass is 301 g/mol. The van der Waals surface area contributed by atoms with E-state index in [2.05, 4.69) is 5.32 Å². The average Bonchev–Trinajstić information content (AvgIpc) is 2.50. The number of aliphatic hydroxyl groups is 2. The number of amides is 1. The Bertz CT molecular complexity index is 614. The van der Waals surface area contributed by atoms with Crippen LogP contribution in [0.1, 0.15) is 12.0 Å². The summed E-state index contributed by atoms with van der Waals surface area (Å²) in [5.74, 6) is -0.267. The normalized spacial score (nSPS) is 17.9. The fourth-order valence-electron chi connectivity index (χ4n) is 2.10. The van der Waals surface area contributed by atoms with Gasteiger partial charge in [-0.2, -0.15) is 0 Å². The van der Waals surface area contributed by atoms with Crippen LogP contribution in [-0.4, -0.2) is 27.8 Å². The Kier molecular flexibility index (Phi) is 5.25. The Hall–Kier alpha value is -2.69. The molecule has 1 aliphatic carbocycles. The van der Waals surface area contributed by atoms with E-state index in [0.29, 0.717) is 19.4 Å². The third kappa shape index (κ3) is 4.70. The van der Waals surface area contributed by atoms with E-state index < -0.39 is 0 Å². The van der Waals surface area contributed by atoms with Gasteiger partial charge in [0.1, 0.15) is 11.5 Å². The molecule has 4 N–H and O–H groups in total. The SMILES string of the molecule is O=C(C=C[C@@H]1C=CC(O)=C(O)C1)NCCc1ccc(O)cc1. The minimum Gasteiger partial charge on any atom is -0.508 e. The van der Waals surface area contributed by atoms with Gasteiger partial charge in [0.25, 0.3) is 0 Å². The van der Waals surface area contributed by atoms with E-state index in [-0.39, 0.29) is 29.1 Å². The van der Waals surface area contributed by atoms with Crippen molar-refractivity contribution < 1.29 is 20.1 Å². The van der Waals surface area contributed by atoms with Crippen LogP contribution >= 0.6 is 0 Å². The number of hydrogen-bond acceptors (Lipinski definition) is 4. The van der Waals surface area contributed by atoms with Gasteiger partial charge in [0.2, 0.25) is 5.91 Å². The number of phenolic OH excluding ortho intramolecular Hbond substituents is 1. The molecular weight excluding hydrogens is 282 g/mol. The van der Waals surface area contributed by atoms with Crippen LogP contribution in [0.15, 0.2) is 60.1 Å². The van der Waals surface area contributed by atoms with Crippen LogP contribution in [0.3, 0.4) is 0 Å². The first-order chi connectivity index (χ1) is 10.5. The molecule has 5 heteroatoms. The van der Waals surface area contributed by atoms with Crippen LogP contribution in [0, 0.1) is 5.92 Å². The Morgan fingerprint density at radius 1 is 1.23 bits per heavy atom. The maximum Gasteiger partial charge on any atom is 0.243 e. The molecule has 0 saturated heterocycles. The van der Waals surface area contributed by atoms with Gasteiger partial charge in [-0.05, 0) is 36.3 Å². The Labute approximate surface area is 128 Å². The fourth-order valence-corrected chi connectivity index (χ4v) is 2.10. The number of carbonyl (C=O) groups is 1. The molecule has 0 heterocycles. The zero-order valence-electron chi connectivity index (χ0n) is 12.1. The lowest BCUT2D eigenvalue weighted by Gasteiger charge is -2.12. The second-order valence-corrected chi connectivity index (χ2v) is 5.13. The third-order valence-electron chi connectivity index (χ3n) is 3.37. The highest BCUT2D eigenvalue weighted by molar-refractivity contribution is 5.87. The lowest BCUT2D eigenvalue weighted by atomic mass is 9.98. The smallest absolute Gasteiger partial charge is 0.243 e. The third-order valence-corrected chi connectivity index (χ3v) is 3.37. The van der Waals surface area contributed by atoms with Crippen molar-refractivity contribution in [2.24, 2.45) is 5.92 Å². The van der Waals surface area contributed by atoms with Gasteiger partial charge in [0.05, 0.1) is 0 Å². The van der Waals surface area contributed by atoms with Crippen molar-refractivity contribution in [1.82, 2.24) is 5.32 Å². The lowest BCUT2D eigenvalue weighted by molar-refractivity contribution is -0.116. The number of allylic oxidation sites excluding steroid dienone is 4. The van der Waals surface area contributed by atoms with Crippen molar-refractivity contribution in [3.8, 4) is 5.75 Å². The highest BCUT2D eigenvalue weighted by atomic mass is 16.3. The topological polar surface area (TPSA) is 89.8 Å². The van der Waals surface area contributed by atoms with Gasteiger partial charge in [-0.15, -0.1) is 0 Å². The predicted octanol–water partition coefficient (Wildman–Crippen LogP) is 2.51. The molecule has 0 aliphatic heterocycles. The molecule has 1 atom stereocenters. The second kappa shape index (κ2) is 7.36. The van der Waals surface area contributed by atoms with E-state index in [9.17, 15) is 20.1 Å². The van der Waals surface area contributed by atoms with Crippen LogP contribution in [0.5, 0.6) is 5.75 Å². The first-order valence-electron chi connectivity index (χ1n) is 7.08. The number of nitrogens with one attached hydrogen (secondary N) is 1. The number of rotatable bonds is 5. The molecule has 22 heavy (non-hydrogen) atoms. The molecule has 5 nitrogen and oxygen atoms in total. The first kappa shape index (κ1) is 15.7. The molecule has 0 aromatic heterocycles. The Morgan fingerprint density at radius 3 is 2.64 bits per heavy atom. The van der Waals surface area contributed by atoms with Crippen molar-refractivity contribution in [3.63, 3.8) is 0 Å². The zero-order valence-corrected chi connectivity index (χ0v) is 12.1. The highest BCUT2D eigenvalue weighted by Gasteiger charge is 2.12. The van der Waals surface area contributed by atoms with Crippen molar-refractivity contribution in [3.05, 3.63) is 65.7 Å². The lowest BCUT2D eigenvalue weighted by Crippen LogP contribution is -2.23. The molecule has 0 fully saturated rings. The van der Waals surface area contributed by atoms with Crippen LogP contribution in [0.25, 0.3) is 0 Å². The van der Waals surface area contributed by atoms with E-state index in [1.54, 1.807) is 24.3 Å². The molecule has 1 aromatic rings. The van der Waals surface area contributed by atoms with Gasteiger partial charge in [0.15, 0.2) is 5.76 Å². The standard InChI is InChI=1S/C17H19NO4/c19-14-5-1-12(2-6-14)9-10-18-17(22)8-4-13-3-7-15(20)16(21)11-13/h1-8,13,19-21H,9-11H2,(H,18,22)/t13-/m0/s1. The summed E-state index contributed by atoms with van der Waals surface area (Å²) in [6.45, 7) is 0.500. The van der Waals surface area contributed by atoms with Crippen LogP contribution in [0.2, 0.25) is 0 Å². The molecule has 1 aliphatic rings. The quantitative estimate of drug-likeness (QED) is 0.629. The van der Waals surface area contributed by atoms with Gasteiger partial charge in [0, 0.05) is 18.9 Å². The van der Waals surface area contributed by atoms with Crippen molar-refractivity contribution in [2.45, 2.75) is 12.8 Å². The molecule has 0 unspecified atom stereocenters. The summed E-state index contributed by atoms with van der Waals surface area (Å²) in [5, 5.41) is 30.6. The van der Waals surface area contributed by atoms with E-state index >= 15 is 0 Å². The first-order valence-corrected chi connectivity index (χ1v) is 7.08. The van der Waals surface area contributed by atoms with Crippen molar-refractivity contribution in [2.75, 3.05) is 6.54 Å². The summed E-state index contributed by atoms with van der Waals surface area (Å²) in [5.41, 5.74) is 1.03. The number of benzene rings is 1. The summed E-state index contributed by atoms with van der Waals surface area (Å²) < 4.78 is 0. The second-order valence-electron chi connectivity index (χ2n) is 5.13. The summed E-state index contributed by atoms with van der Waals surface area (Å²) in [6, 6.07) is 6.85. The van der Waals surface area contributed by atoms with E-state index in [1.807, 2.05) is 12.1 Å². The van der Waals surface area contributed by atoms with Gasteiger partial charge in [-0.25, -0.2) is 0 Å². The number of carbonyl (C=O) groups excluding carboxylic acids is 1. The molecule has 1 amide bonds. The summed E-state index contributed by atoms with van der Waals surface area (Å²) in [7, 11) is 0. The summed E-state index contributed by atoms with van der Waals surface area (Å²) in [4.78, 5) is 11.7. The molecular formula is C17H19NO4. The predicted molar refractivity (Wildman–Crippen MR) is 83.5 cm³/mol. The van der Waals surface area contributed by atoms with Gasteiger partial charge in [-0.3, -0.25) is 4.79 Å². The molecule has 1 aromatic carbocycles. The minimum absolute atomic E-state index is 0.0649. The average molecular weight is 301 g/mol. The Morgan fingerprint density at radius 2 is 1.95 bits per heavy atom. The molecule has 0 radical (unpaired) electrons. The largest absolute Gasteiger partial charge is 0.508 e. The molecule has 0 spiro atoms. The molecule has 0 bridgehead atoms. The van der Waals surface area contributed by atoms with E-state index in [0.717, 1.165) is 5.56 Å². The number of aromatic hydroxyl groups is 1. The highest BCUT2D eigenvalue weighted by Crippen LogP contribution is 2.21. The number of hydrogen-bond donors (Lipinski definition) is 4. The van der Waals surface area contributed by atoms with E-state index in [1.165, 1.54) is 12.2 Å². The van der Waals surface area contributed by atoms with Crippen LogP contribution < -0.4 is 5.32 Å². The molecule has 2 rings (SSSR count). The maximum absolute atomic E-state index is 11.7. The molecule has 116 valence electrons. The van der Waals surface area contributed by atoms with Crippen LogP contribution in [-0.2, 0) is 11.2 Å². The van der Waals surface area contributed by atoms with Crippen molar-refractivity contribution >= 4 is 5.91 Å². The number of phenols is 1. The van der Waals surface area contributed by atoms with E-state index in [4.69, 9.17) is 0 Å². The minimum atomic E-state index is -0.203. The van der Waals surface area contributed by atoms with Gasteiger partial charge >= 0.3 is 0 Å². The Balaban J connectivity index is 1.73. The maximum atomic E-state index is 11.7. The van der Waals surface area contributed by atoms with Gasteiger partial charge in [-0.1, -0.05) is 24.3 Å². The fraction of sp³-hybridized carbons (Fsp3) is 0.235. The van der Waals surface area contributed by atoms with Crippen LogP contribution in [0.4, 0.5) is 0 Å². The summed E-state index contributed by atoms with van der Waals surface area (Å²) in [6.07, 6.45) is 7.25. The van der Waals surface area contributed by atoms with Gasteiger partial charge < -0.3 is 20.6 Å². The van der Waals surface area contributed by atoms with Crippen molar-refractivity contribution in [1.29, 1.82) is 0 Å². The zero-order chi connectivity index (χ0) is 15.9. The summed E-state index contributed by atoms with van der Waals surface area (Å²) >= 11 is 0.